The average molecular weight is 396 g/mol. The van der Waals surface area contributed by atoms with Crippen molar-refractivity contribution in [2.45, 2.75) is 32.2 Å². The molecule has 9 heteroatoms. The zero-order chi connectivity index (χ0) is 20.4. The van der Waals surface area contributed by atoms with Crippen LogP contribution in [0.5, 0.6) is 0 Å². The van der Waals surface area contributed by atoms with Crippen LogP contribution in [-0.4, -0.2) is 51.5 Å². The second-order valence-corrected chi connectivity index (χ2v) is 7.48. The molecule has 0 aromatic carbocycles. The highest BCUT2D eigenvalue weighted by Crippen LogP contribution is 2.33. The number of carbonyl (C=O) groups is 2. The number of nitrogens with two attached hydrogens (primary N) is 1. The third-order valence-electron chi connectivity index (χ3n) is 5.48. The Labute approximate surface area is 168 Å². The molecule has 0 bridgehead atoms. The number of nitrogens with zero attached hydrogens (tertiary/aromatic N) is 5. The van der Waals surface area contributed by atoms with E-state index >= 15 is 0 Å². The molecule has 9 nitrogen and oxygen atoms in total. The number of piperidine rings is 1. The van der Waals surface area contributed by atoms with E-state index in [0.29, 0.717) is 38.4 Å². The van der Waals surface area contributed by atoms with Crippen LogP contribution in [0, 0.1) is 12.8 Å². The Kier molecular flexibility index (Phi) is 5.39. The van der Waals surface area contributed by atoms with Crippen molar-refractivity contribution >= 4 is 17.6 Å². The number of rotatable bonds is 4. The predicted molar refractivity (Wildman–Crippen MR) is 105 cm³/mol. The van der Waals surface area contributed by atoms with Gasteiger partial charge in [-0.1, -0.05) is 6.07 Å². The zero-order valence-electron chi connectivity index (χ0n) is 16.3. The largest absolute Gasteiger partial charge is 0.364 e. The molecule has 2 aliphatic rings. The molecule has 2 aromatic heterocycles. The van der Waals surface area contributed by atoms with Crippen molar-refractivity contribution in [3.8, 4) is 0 Å². The standard InChI is InChI=1S/C20H24N6O3/c1-13-8-15(11-22-10-13)17-4-7-29-26(17)20(28)14-2-5-25(6-3-14)18-9-16(19(21)27)23-12-24-18/h8-12,14,17H,2-7H2,1H3,(H2,21,27)/t17-/m0/s1. The van der Waals surface area contributed by atoms with Gasteiger partial charge in [-0.2, -0.15) is 0 Å². The van der Waals surface area contributed by atoms with Crippen molar-refractivity contribution < 1.29 is 14.4 Å². The molecule has 0 spiro atoms. The lowest BCUT2D eigenvalue weighted by molar-refractivity contribution is -0.182. The number of hydrogen-bond donors (Lipinski definition) is 1. The summed E-state index contributed by atoms with van der Waals surface area (Å²) in [6.07, 6.45) is 7.09. The van der Waals surface area contributed by atoms with Gasteiger partial charge in [-0.15, -0.1) is 0 Å². The first-order valence-corrected chi connectivity index (χ1v) is 9.77. The van der Waals surface area contributed by atoms with E-state index in [0.717, 1.165) is 17.5 Å². The molecule has 0 radical (unpaired) electrons. The summed E-state index contributed by atoms with van der Waals surface area (Å²) in [5.74, 6) is -0.0151. The summed E-state index contributed by atoms with van der Waals surface area (Å²) in [6.45, 7) is 3.84. The van der Waals surface area contributed by atoms with Crippen molar-refractivity contribution in [3.63, 3.8) is 0 Å². The SMILES string of the molecule is Cc1cncc([C@@H]2CCON2C(=O)C2CCN(c3cc(C(N)=O)ncn3)CC2)c1. The van der Waals surface area contributed by atoms with Crippen LogP contribution in [0.25, 0.3) is 0 Å². The summed E-state index contributed by atoms with van der Waals surface area (Å²) >= 11 is 0. The van der Waals surface area contributed by atoms with Gasteiger partial charge in [-0.25, -0.2) is 15.0 Å². The molecule has 2 amide bonds. The molecule has 2 N–H and O–H groups in total. The van der Waals surface area contributed by atoms with E-state index in [-0.39, 0.29) is 23.6 Å². The van der Waals surface area contributed by atoms with Crippen LogP contribution in [0.1, 0.15) is 46.9 Å². The number of anilines is 1. The maximum atomic E-state index is 13.1. The van der Waals surface area contributed by atoms with Gasteiger partial charge >= 0.3 is 0 Å². The third kappa shape index (κ3) is 4.04. The van der Waals surface area contributed by atoms with Gasteiger partial charge in [0.25, 0.3) is 5.91 Å². The van der Waals surface area contributed by atoms with E-state index < -0.39 is 5.91 Å². The number of hydroxylamine groups is 2. The van der Waals surface area contributed by atoms with Gasteiger partial charge in [0.1, 0.15) is 17.8 Å². The van der Waals surface area contributed by atoms with Gasteiger partial charge in [0.15, 0.2) is 0 Å². The Morgan fingerprint density at radius 3 is 2.66 bits per heavy atom. The first-order valence-electron chi connectivity index (χ1n) is 9.77. The van der Waals surface area contributed by atoms with Gasteiger partial charge in [-0.05, 0) is 30.9 Å². The molecule has 2 fully saturated rings. The molecule has 0 aliphatic carbocycles. The molecule has 4 heterocycles. The van der Waals surface area contributed by atoms with Crippen LogP contribution in [0.15, 0.2) is 30.9 Å². The fourth-order valence-corrected chi connectivity index (χ4v) is 3.94. The molecule has 0 saturated carbocycles. The van der Waals surface area contributed by atoms with Gasteiger partial charge in [0.2, 0.25) is 5.91 Å². The molecule has 1 atom stereocenters. The number of aromatic nitrogens is 3. The number of pyridine rings is 1. The first-order chi connectivity index (χ1) is 14.0. The monoisotopic (exact) mass is 396 g/mol. The van der Waals surface area contributed by atoms with Gasteiger partial charge in [0, 0.05) is 43.9 Å². The molecule has 2 aromatic rings. The van der Waals surface area contributed by atoms with Crippen molar-refractivity contribution in [3.05, 3.63) is 47.7 Å². The number of amides is 2. The van der Waals surface area contributed by atoms with Crippen LogP contribution in [0.2, 0.25) is 0 Å². The number of hydrogen-bond acceptors (Lipinski definition) is 7. The zero-order valence-corrected chi connectivity index (χ0v) is 16.3. The van der Waals surface area contributed by atoms with Crippen LogP contribution >= 0.6 is 0 Å². The number of carbonyl (C=O) groups excluding carboxylic acids is 2. The number of aryl methyl sites for hydroxylation is 1. The van der Waals surface area contributed by atoms with Gasteiger partial charge in [-0.3, -0.25) is 19.4 Å². The highest BCUT2D eigenvalue weighted by molar-refractivity contribution is 5.91. The summed E-state index contributed by atoms with van der Waals surface area (Å²) in [4.78, 5) is 44.6. The Bertz CT molecular complexity index is 913. The topological polar surface area (TPSA) is 115 Å². The predicted octanol–water partition coefficient (Wildman–Crippen LogP) is 1.40. The van der Waals surface area contributed by atoms with Crippen molar-refractivity contribution in [2.75, 3.05) is 24.6 Å². The Morgan fingerprint density at radius 1 is 1.14 bits per heavy atom. The highest BCUT2D eigenvalue weighted by Gasteiger charge is 2.37. The summed E-state index contributed by atoms with van der Waals surface area (Å²) < 4.78 is 0. The van der Waals surface area contributed by atoms with Crippen LogP contribution in [0.4, 0.5) is 5.82 Å². The number of primary amides is 1. The third-order valence-corrected chi connectivity index (χ3v) is 5.48. The molecule has 152 valence electrons. The maximum Gasteiger partial charge on any atom is 0.267 e. The van der Waals surface area contributed by atoms with Crippen molar-refractivity contribution in [2.24, 2.45) is 11.7 Å². The van der Waals surface area contributed by atoms with Crippen molar-refractivity contribution in [1.29, 1.82) is 0 Å². The highest BCUT2D eigenvalue weighted by atomic mass is 16.7. The second kappa shape index (κ2) is 8.12. The first kappa shape index (κ1) is 19.3. The maximum absolute atomic E-state index is 13.1. The smallest absolute Gasteiger partial charge is 0.267 e. The normalized spacial score (nSPS) is 20.1. The van der Waals surface area contributed by atoms with E-state index in [2.05, 4.69) is 21.0 Å². The minimum absolute atomic E-state index is 0.0224. The molecular formula is C20H24N6O3. The lowest BCUT2D eigenvalue weighted by Gasteiger charge is -2.34. The van der Waals surface area contributed by atoms with E-state index in [1.54, 1.807) is 23.5 Å². The van der Waals surface area contributed by atoms with Gasteiger partial charge < -0.3 is 10.6 Å². The fraction of sp³-hybridized carbons (Fsp3) is 0.450. The van der Waals surface area contributed by atoms with Crippen LogP contribution in [-0.2, 0) is 9.63 Å². The van der Waals surface area contributed by atoms with E-state index in [4.69, 9.17) is 10.6 Å². The fourth-order valence-electron chi connectivity index (χ4n) is 3.94. The minimum atomic E-state index is -0.582. The van der Waals surface area contributed by atoms with E-state index in [1.807, 2.05) is 11.8 Å². The molecule has 0 unspecified atom stereocenters. The summed E-state index contributed by atoms with van der Waals surface area (Å²) in [5.41, 5.74) is 7.56. The quantitative estimate of drug-likeness (QED) is 0.831. The summed E-state index contributed by atoms with van der Waals surface area (Å²) in [6, 6.07) is 3.56. The second-order valence-electron chi connectivity index (χ2n) is 7.48. The summed E-state index contributed by atoms with van der Waals surface area (Å²) in [7, 11) is 0. The Morgan fingerprint density at radius 2 is 1.93 bits per heavy atom. The van der Waals surface area contributed by atoms with Gasteiger partial charge in [0.05, 0.1) is 12.6 Å². The molecule has 4 rings (SSSR count). The van der Waals surface area contributed by atoms with E-state index in [1.165, 1.54) is 6.33 Å². The molecule has 29 heavy (non-hydrogen) atoms. The molecule has 2 aliphatic heterocycles. The lowest BCUT2D eigenvalue weighted by Crippen LogP contribution is -2.42. The molecular weight excluding hydrogens is 372 g/mol. The Hall–Kier alpha value is -3.07. The lowest BCUT2D eigenvalue weighted by atomic mass is 9.94. The summed E-state index contributed by atoms with van der Waals surface area (Å²) in [5, 5.41) is 1.55. The van der Waals surface area contributed by atoms with Crippen LogP contribution < -0.4 is 10.6 Å². The Balaban J connectivity index is 1.41. The van der Waals surface area contributed by atoms with Crippen LogP contribution in [0.3, 0.4) is 0 Å². The minimum Gasteiger partial charge on any atom is -0.364 e. The van der Waals surface area contributed by atoms with Crippen molar-refractivity contribution in [1.82, 2.24) is 20.0 Å². The average Bonchev–Trinajstić information content (AvgIpc) is 3.23. The van der Waals surface area contributed by atoms with E-state index in [9.17, 15) is 9.59 Å². The molecule has 2 saturated heterocycles.